The molecule has 0 spiro atoms. The molecule has 0 unspecified atom stereocenters. The van der Waals surface area contributed by atoms with Gasteiger partial charge in [-0.05, 0) is 52.2 Å². The van der Waals surface area contributed by atoms with Gasteiger partial charge in [0.1, 0.15) is 0 Å². The highest BCUT2D eigenvalue weighted by atomic mass is 79.9. The molecule has 2 aromatic rings. The van der Waals surface area contributed by atoms with Crippen LogP contribution in [0.3, 0.4) is 0 Å². The van der Waals surface area contributed by atoms with Crippen molar-refractivity contribution in [3.63, 3.8) is 0 Å². The fourth-order valence-electron chi connectivity index (χ4n) is 5.04. The first kappa shape index (κ1) is 21.4. The summed E-state index contributed by atoms with van der Waals surface area (Å²) in [5.74, 6) is -1.05. The van der Waals surface area contributed by atoms with Crippen molar-refractivity contribution in [2.45, 2.75) is 31.8 Å². The summed E-state index contributed by atoms with van der Waals surface area (Å²) in [6, 6.07) is 2.70. The number of Topliss-reactive ketones (excluding diaryl/α,β-unsaturated/α-hetero) is 1. The monoisotopic (exact) mass is 513 g/mol. The van der Waals surface area contributed by atoms with E-state index < -0.39 is 23.3 Å². The number of nitrogens with zero attached hydrogens (tertiary/aromatic N) is 3. The predicted molar refractivity (Wildman–Crippen MR) is 122 cm³/mol. The zero-order valence-electron chi connectivity index (χ0n) is 18.1. The van der Waals surface area contributed by atoms with E-state index in [-0.39, 0.29) is 36.0 Å². The predicted octanol–water partition coefficient (Wildman–Crippen LogP) is 1.89. The van der Waals surface area contributed by atoms with Crippen molar-refractivity contribution in [3.8, 4) is 11.5 Å². The molecule has 33 heavy (non-hydrogen) atoms. The Hall–Kier alpha value is -3.40. The minimum atomic E-state index is -0.652. The summed E-state index contributed by atoms with van der Waals surface area (Å²) in [5, 5.41) is 10.3. The molecule has 3 aliphatic rings. The first-order valence-corrected chi connectivity index (χ1v) is 11.1. The highest BCUT2D eigenvalue weighted by Gasteiger charge is 2.45. The second kappa shape index (κ2) is 7.31. The maximum atomic E-state index is 13.3. The van der Waals surface area contributed by atoms with Gasteiger partial charge in [0.2, 0.25) is 0 Å². The summed E-state index contributed by atoms with van der Waals surface area (Å²) in [4.78, 5) is 51.8. The molecule has 0 saturated heterocycles. The summed E-state index contributed by atoms with van der Waals surface area (Å²) in [6.07, 6.45) is 3.30. The Morgan fingerprint density at radius 1 is 1.15 bits per heavy atom. The summed E-state index contributed by atoms with van der Waals surface area (Å²) in [7, 11) is 2.83. The zero-order valence-corrected chi connectivity index (χ0v) is 19.7. The Kier molecular flexibility index (Phi) is 4.75. The Labute approximate surface area is 196 Å². The number of halogens is 1. The fraction of sp³-hybridized carbons (Fsp3) is 0.304. The van der Waals surface area contributed by atoms with E-state index in [1.165, 1.54) is 29.6 Å². The number of hydrogen-bond acceptors (Lipinski definition) is 6. The number of rotatable bonds is 2. The van der Waals surface area contributed by atoms with Gasteiger partial charge in [-0.3, -0.25) is 9.59 Å². The van der Waals surface area contributed by atoms with Crippen LogP contribution in [0.2, 0.25) is 0 Å². The maximum absolute atomic E-state index is 13.3. The molecule has 1 N–H and O–H groups in total. The fourth-order valence-corrected chi connectivity index (χ4v) is 5.50. The topological polar surface area (TPSA) is 113 Å². The van der Waals surface area contributed by atoms with Crippen LogP contribution in [0.5, 0.6) is 11.5 Å². The van der Waals surface area contributed by atoms with Gasteiger partial charge in [0.15, 0.2) is 23.1 Å². The molecule has 5 rings (SSSR count). The van der Waals surface area contributed by atoms with Crippen LogP contribution in [0.1, 0.15) is 30.9 Å². The van der Waals surface area contributed by atoms with E-state index >= 15 is 0 Å². The maximum Gasteiger partial charge on any atom is 0.347 e. The van der Waals surface area contributed by atoms with Crippen molar-refractivity contribution >= 4 is 27.5 Å². The van der Waals surface area contributed by atoms with Crippen LogP contribution in [-0.4, -0.2) is 37.7 Å². The van der Waals surface area contributed by atoms with Crippen LogP contribution in [0, 0.1) is 0 Å². The molecule has 0 amide bonds. The van der Waals surface area contributed by atoms with Gasteiger partial charge < -0.3 is 9.84 Å². The lowest BCUT2D eigenvalue weighted by atomic mass is 9.68. The summed E-state index contributed by atoms with van der Waals surface area (Å²) < 4.78 is 9.44. The molecule has 9 nitrogen and oxygen atoms in total. The van der Waals surface area contributed by atoms with Gasteiger partial charge in [-0.25, -0.2) is 23.5 Å². The number of phenolic OH excluding ortho intramolecular Hbond substituents is 1. The third kappa shape index (κ3) is 2.90. The quantitative estimate of drug-likeness (QED) is 0.484. The van der Waals surface area contributed by atoms with E-state index in [9.17, 15) is 24.3 Å². The number of ketones is 2. The smallest absolute Gasteiger partial charge is 0.347 e. The Morgan fingerprint density at radius 2 is 1.88 bits per heavy atom. The van der Waals surface area contributed by atoms with Crippen LogP contribution >= 0.6 is 15.9 Å². The number of allylic oxidation sites excluding steroid dienone is 6. The molecule has 1 aromatic heterocycles. The highest BCUT2D eigenvalue weighted by Crippen LogP contribution is 2.51. The molecule has 2 atom stereocenters. The largest absolute Gasteiger partial charge is 0.503 e. The molecule has 0 radical (unpaired) electrons. The second-order valence-electron chi connectivity index (χ2n) is 8.37. The van der Waals surface area contributed by atoms with Crippen LogP contribution in [-0.2, 0) is 23.2 Å². The molecule has 0 fully saturated rings. The molecule has 1 aliphatic heterocycles. The van der Waals surface area contributed by atoms with Gasteiger partial charge in [0.05, 0.1) is 24.2 Å². The molecule has 2 heterocycles. The molecule has 170 valence electrons. The van der Waals surface area contributed by atoms with E-state index in [4.69, 9.17) is 4.74 Å². The van der Waals surface area contributed by atoms with Gasteiger partial charge in [-0.1, -0.05) is 6.08 Å². The summed E-state index contributed by atoms with van der Waals surface area (Å²) in [6.45, 7) is 1.77. The molecule has 2 aliphatic carbocycles. The molecular formula is C23H20BrN3O6. The number of aromatic hydroxyl groups is 1. The van der Waals surface area contributed by atoms with Gasteiger partial charge in [0, 0.05) is 36.1 Å². The molecular weight excluding hydrogens is 494 g/mol. The summed E-state index contributed by atoms with van der Waals surface area (Å²) in [5.41, 5.74) is 1.48. The number of ether oxygens (including phenoxy) is 1. The normalized spacial score (nSPS) is 21.8. The van der Waals surface area contributed by atoms with Crippen molar-refractivity contribution < 1.29 is 19.4 Å². The third-order valence-corrected chi connectivity index (χ3v) is 7.23. The minimum absolute atomic E-state index is 0.0873. The summed E-state index contributed by atoms with van der Waals surface area (Å²) >= 11 is 3.34. The highest BCUT2D eigenvalue weighted by molar-refractivity contribution is 9.10. The SMILES string of the molecule is COc1cc([C@H]2C3=CCn4c(=O)n(C)c(=O)n4[C@@H]3CC3=C2C(=O)C(C)=CC3=O)cc(Br)c1O. The molecule has 0 saturated carbocycles. The van der Waals surface area contributed by atoms with E-state index in [1.54, 1.807) is 19.1 Å². The van der Waals surface area contributed by atoms with E-state index in [1.807, 2.05) is 6.08 Å². The average molecular weight is 514 g/mol. The van der Waals surface area contributed by atoms with Crippen molar-refractivity contribution in [2.24, 2.45) is 7.05 Å². The van der Waals surface area contributed by atoms with Crippen LogP contribution in [0.25, 0.3) is 0 Å². The Morgan fingerprint density at radius 3 is 2.58 bits per heavy atom. The van der Waals surface area contributed by atoms with Crippen LogP contribution < -0.4 is 16.1 Å². The Balaban J connectivity index is 1.81. The lowest BCUT2D eigenvalue weighted by Gasteiger charge is -2.39. The standard InChI is InChI=1S/C23H20BrN3O6/c1-10-6-16(28)13-9-15-12(4-5-26-22(31)25(2)23(32)27(15)26)18(19(13)20(10)29)11-7-14(24)21(30)17(8-11)33-3/h4,6-8,15,18,30H,5,9H2,1-3H3/t15-,18+/m1/s1. The van der Waals surface area contributed by atoms with Crippen molar-refractivity contribution in [2.75, 3.05) is 7.11 Å². The van der Waals surface area contributed by atoms with Gasteiger partial charge >= 0.3 is 11.4 Å². The first-order valence-electron chi connectivity index (χ1n) is 10.3. The number of carbonyl (C=O) groups is 2. The zero-order chi connectivity index (χ0) is 23.8. The number of methoxy groups -OCH3 is 1. The molecule has 0 bridgehead atoms. The number of fused-ring (bicyclic) bond motifs is 3. The lowest BCUT2D eigenvalue weighted by Crippen LogP contribution is -2.40. The van der Waals surface area contributed by atoms with E-state index in [0.29, 0.717) is 26.8 Å². The number of carbonyl (C=O) groups excluding carboxylic acids is 2. The lowest BCUT2D eigenvalue weighted by molar-refractivity contribution is -0.116. The van der Waals surface area contributed by atoms with Crippen LogP contribution in [0.4, 0.5) is 0 Å². The average Bonchev–Trinajstić information content (AvgIpc) is 3.02. The van der Waals surface area contributed by atoms with Gasteiger partial charge in [-0.2, -0.15) is 0 Å². The van der Waals surface area contributed by atoms with Crippen LogP contribution in [0.15, 0.2) is 60.6 Å². The minimum Gasteiger partial charge on any atom is -0.503 e. The molecule has 1 aromatic carbocycles. The number of aromatic nitrogens is 3. The van der Waals surface area contributed by atoms with Crippen molar-refractivity contribution in [1.29, 1.82) is 0 Å². The number of benzene rings is 1. The molecule has 10 heteroatoms. The van der Waals surface area contributed by atoms with E-state index in [0.717, 1.165) is 10.1 Å². The Bertz CT molecular complexity index is 1480. The van der Waals surface area contributed by atoms with Gasteiger partial charge in [-0.15, -0.1) is 0 Å². The van der Waals surface area contributed by atoms with E-state index in [2.05, 4.69) is 15.9 Å². The number of hydrogen-bond donors (Lipinski definition) is 1. The number of phenols is 1. The van der Waals surface area contributed by atoms with Crippen molar-refractivity contribution in [3.05, 3.63) is 77.6 Å². The van der Waals surface area contributed by atoms with Crippen molar-refractivity contribution in [1.82, 2.24) is 13.9 Å². The third-order valence-electron chi connectivity index (χ3n) is 6.63. The first-order chi connectivity index (χ1) is 15.6. The second-order valence-corrected chi connectivity index (χ2v) is 9.23. The van der Waals surface area contributed by atoms with Gasteiger partial charge in [0.25, 0.3) is 0 Å².